The van der Waals surface area contributed by atoms with Gasteiger partial charge in [-0.15, -0.1) is 0 Å². The van der Waals surface area contributed by atoms with E-state index >= 15 is 0 Å². The molecule has 2 aromatic rings. The van der Waals surface area contributed by atoms with E-state index < -0.39 is 0 Å². The van der Waals surface area contributed by atoms with Crippen LogP contribution in [0.1, 0.15) is 6.42 Å². The van der Waals surface area contributed by atoms with E-state index in [2.05, 4.69) is 28.2 Å². The van der Waals surface area contributed by atoms with E-state index in [1.54, 1.807) is 0 Å². The molecule has 2 N–H and O–H groups in total. The maximum absolute atomic E-state index is 5.95. The standard InChI is InChI=1S/C12H16N4/c1-15-11-3-2-4-12(10(11)7-14-15)16-6-5-9(13)8-16/h2-4,7,9H,5-6,8,13H2,1H3/t9-/m1/s1. The number of nitrogens with two attached hydrogens (primary N) is 1. The topological polar surface area (TPSA) is 47.1 Å². The van der Waals surface area contributed by atoms with E-state index in [0.717, 1.165) is 19.5 Å². The Hall–Kier alpha value is -1.55. The lowest BCUT2D eigenvalue weighted by atomic mass is 10.2. The fraction of sp³-hybridized carbons (Fsp3) is 0.417. The normalized spacial score (nSPS) is 20.9. The molecular formula is C12H16N4. The van der Waals surface area contributed by atoms with Gasteiger partial charge in [0, 0.05) is 37.3 Å². The minimum Gasteiger partial charge on any atom is -0.369 e. The van der Waals surface area contributed by atoms with Crippen molar-refractivity contribution in [1.29, 1.82) is 0 Å². The third-order valence-corrected chi connectivity index (χ3v) is 3.33. The van der Waals surface area contributed by atoms with E-state index in [1.165, 1.54) is 16.6 Å². The molecule has 4 heteroatoms. The molecule has 0 radical (unpaired) electrons. The molecule has 2 heterocycles. The Morgan fingerprint density at radius 1 is 1.44 bits per heavy atom. The smallest absolute Gasteiger partial charge is 0.0700 e. The second-order valence-electron chi connectivity index (χ2n) is 4.47. The Labute approximate surface area is 94.6 Å². The van der Waals surface area contributed by atoms with E-state index in [-0.39, 0.29) is 0 Å². The molecule has 0 unspecified atom stereocenters. The Morgan fingerprint density at radius 2 is 2.31 bits per heavy atom. The second-order valence-corrected chi connectivity index (χ2v) is 4.47. The number of anilines is 1. The zero-order chi connectivity index (χ0) is 11.1. The molecule has 84 valence electrons. The summed E-state index contributed by atoms with van der Waals surface area (Å²) in [5.41, 5.74) is 8.39. The van der Waals surface area contributed by atoms with Crippen LogP contribution in [0.15, 0.2) is 24.4 Å². The molecule has 1 atom stereocenters. The monoisotopic (exact) mass is 216 g/mol. The average Bonchev–Trinajstić information content (AvgIpc) is 2.86. The molecular weight excluding hydrogens is 200 g/mol. The molecule has 1 fully saturated rings. The first kappa shape index (κ1) is 9.66. The largest absolute Gasteiger partial charge is 0.369 e. The Bertz CT molecular complexity index is 517. The first-order valence-corrected chi connectivity index (χ1v) is 5.67. The molecule has 4 nitrogen and oxygen atoms in total. The number of aryl methyl sites for hydroxylation is 1. The van der Waals surface area contributed by atoms with Crippen molar-refractivity contribution >= 4 is 16.6 Å². The van der Waals surface area contributed by atoms with Gasteiger partial charge >= 0.3 is 0 Å². The van der Waals surface area contributed by atoms with Crippen molar-refractivity contribution < 1.29 is 0 Å². The highest BCUT2D eigenvalue weighted by molar-refractivity contribution is 5.92. The zero-order valence-electron chi connectivity index (χ0n) is 9.43. The summed E-state index contributed by atoms with van der Waals surface area (Å²) >= 11 is 0. The quantitative estimate of drug-likeness (QED) is 0.776. The SMILES string of the molecule is Cn1ncc2c(N3CC[C@@H](N)C3)cccc21. The summed E-state index contributed by atoms with van der Waals surface area (Å²) in [7, 11) is 1.97. The second kappa shape index (κ2) is 3.49. The summed E-state index contributed by atoms with van der Waals surface area (Å²) in [6.45, 7) is 2.00. The Kier molecular flexibility index (Phi) is 2.11. The van der Waals surface area contributed by atoms with Gasteiger partial charge < -0.3 is 10.6 Å². The zero-order valence-corrected chi connectivity index (χ0v) is 9.43. The molecule has 1 aromatic carbocycles. The van der Waals surface area contributed by atoms with Crippen molar-refractivity contribution in [2.24, 2.45) is 12.8 Å². The molecule has 1 aromatic heterocycles. The molecule has 0 saturated carbocycles. The third kappa shape index (κ3) is 1.38. The maximum Gasteiger partial charge on any atom is 0.0700 e. The van der Waals surface area contributed by atoms with Crippen LogP contribution in [0.5, 0.6) is 0 Å². The number of hydrogen-bond donors (Lipinski definition) is 1. The highest BCUT2D eigenvalue weighted by Crippen LogP contribution is 2.28. The number of benzene rings is 1. The van der Waals surface area contributed by atoms with Crippen molar-refractivity contribution in [2.45, 2.75) is 12.5 Å². The molecule has 1 saturated heterocycles. The van der Waals surface area contributed by atoms with Gasteiger partial charge in [0.25, 0.3) is 0 Å². The van der Waals surface area contributed by atoms with Gasteiger partial charge in [-0.2, -0.15) is 5.10 Å². The number of aromatic nitrogens is 2. The van der Waals surface area contributed by atoms with Crippen LogP contribution in [0, 0.1) is 0 Å². The van der Waals surface area contributed by atoms with E-state index in [1.807, 2.05) is 17.9 Å². The minimum atomic E-state index is 0.312. The van der Waals surface area contributed by atoms with Crippen molar-refractivity contribution in [1.82, 2.24) is 9.78 Å². The van der Waals surface area contributed by atoms with Crippen LogP contribution in [-0.2, 0) is 7.05 Å². The predicted octanol–water partition coefficient (Wildman–Crippen LogP) is 1.11. The van der Waals surface area contributed by atoms with Crippen LogP contribution in [0.3, 0.4) is 0 Å². The highest BCUT2D eigenvalue weighted by Gasteiger charge is 2.21. The van der Waals surface area contributed by atoms with Gasteiger partial charge in [-0.05, 0) is 18.6 Å². The van der Waals surface area contributed by atoms with Gasteiger partial charge in [0.05, 0.1) is 11.7 Å². The summed E-state index contributed by atoms with van der Waals surface area (Å²) in [6.07, 6.45) is 3.02. The van der Waals surface area contributed by atoms with Crippen LogP contribution < -0.4 is 10.6 Å². The summed E-state index contributed by atoms with van der Waals surface area (Å²) in [5.74, 6) is 0. The Morgan fingerprint density at radius 3 is 3.06 bits per heavy atom. The van der Waals surface area contributed by atoms with E-state index in [0.29, 0.717) is 6.04 Å². The lowest BCUT2D eigenvalue weighted by Crippen LogP contribution is -2.26. The molecule has 0 amide bonds. The Balaban J connectivity index is 2.09. The molecule has 0 spiro atoms. The first-order valence-electron chi connectivity index (χ1n) is 5.67. The van der Waals surface area contributed by atoms with Crippen molar-refractivity contribution in [3.8, 4) is 0 Å². The number of hydrogen-bond acceptors (Lipinski definition) is 3. The van der Waals surface area contributed by atoms with Gasteiger partial charge in [0.1, 0.15) is 0 Å². The number of rotatable bonds is 1. The van der Waals surface area contributed by atoms with Crippen molar-refractivity contribution in [3.05, 3.63) is 24.4 Å². The van der Waals surface area contributed by atoms with Crippen molar-refractivity contribution in [2.75, 3.05) is 18.0 Å². The minimum absolute atomic E-state index is 0.312. The van der Waals surface area contributed by atoms with Crippen LogP contribution in [0.2, 0.25) is 0 Å². The van der Waals surface area contributed by atoms with Crippen LogP contribution >= 0.6 is 0 Å². The van der Waals surface area contributed by atoms with E-state index in [9.17, 15) is 0 Å². The van der Waals surface area contributed by atoms with Crippen LogP contribution in [0.4, 0.5) is 5.69 Å². The molecule has 3 rings (SSSR count). The molecule has 16 heavy (non-hydrogen) atoms. The fourth-order valence-corrected chi connectivity index (χ4v) is 2.44. The molecule has 0 aliphatic carbocycles. The predicted molar refractivity (Wildman–Crippen MR) is 65.5 cm³/mol. The van der Waals surface area contributed by atoms with Crippen LogP contribution in [-0.4, -0.2) is 28.9 Å². The fourth-order valence-electron chi connectivity index (χ4n) is 2.44. The van der Waals surface area contributed by atoms with Crippen molar-refractivity contribution in [3.63, 3.8) is 0 Å². The number of fused-ring (bicyclic) bond motifs is 1. The van der Waals surface area contributed by atoms with Crippen LogP contribution in [0.25, 0.3) is 10.9 Å². The van der Waals surface area contributed by atoms with Gasteiger partial charge in [-0.1, -0.05) is 6.07 Å². The lowest BCUT2D eigenvalue weighted by Gasteiger charge is -2.18. The summed E-state index contributed by atoms with van der Waals surface area (Å²) in [6, 6.07) is 6.65. The highest BCUT2D eigenvalue weighted by atomic mass is 15.3. The number of nitrogens with zero attached hydrogens (tertiary/aromatic N) is 3. The summed E-state index contributed by atoms with van der Waals surface area (Å²) in [5, 5.41) is 5.53. The summed E-state index contributed by atoms with van der Waals surface area (Å²) < 4.78 is 1.91. The third-order valence-electron chi connectivity index (χ3n) is 3.33. The van der Waals surface area contributed by atoms with Gasteiger partial charge in [-0.25, -0.2) is 0 Å². The molecule has 0 bridgehead atoms. The lowest BCUT2D eigenvalue weighted by molar-refractivity contribution is 0.752. The maximum atomic E-state index is 5.95. The van der Waals surface area contributed by atoms with E-state index in [4.69, 9.17) is 5.73 Å². The first-order chi connectivity index (χ1) is 7.75. The molecule has 1 aliphatic rings. The summed E-state index contributed by atoms with van der Waals surface area (Å²) in [4.78, 5) is 2.36. The molecule has 1 aliphatic heterocycles. The van der Waals surface area contributed by atoms with Gasteiger partial charge in [-0.3, -0.25) is 4.68 Å². The average molecular weight is 216 g/mol. The van der Waals surface area contributed by atoms with Gasteiger partial charge in [0.2, 0.25) is 0 Å². The van der Waals surface area contributed by atoms with Gasteiger partial charge in [0.15, 0.2) is 0 Å².